The zero-order chi connectivity index (χ0) is 13.7. The first kappa shape index (κ1) is 14.6. The molecule has 0 spiro atoms. The van der Waals surface area contributed by atoms with Crippen molar-refractivity contribution in [1.29, 1.82) is 0 Å². The second-order valence-electron chi connectivity index (χ2n) is 6.39. The van der Waals surface area contributed by atoms with Gasteiger partial charge in [0.1, 0.15) is 0 Å². The number of hydrogen-bond donors (Lipinski definition) is 2. The molecule has 0 bridgehead atoms. The zero-order valence-electron chi connectivity index (χ0n) is 12.5. The van der Waals surface area contributed by atoms with E-state index < -0.39 is 0 Å². The van der Waals surface area contributed by atoms with Crippen LogP contribution in [0.15, 0.2) is 0 Å². The van der Waals surface area contributed by atoms with E-state index in [2.05, 4.69) is 24.5 Å². The van der Waals surface area contributed by atoms with Crippen molar-refractivity contribution >= 4 is 6.03 Å². The van der Waals surface area contributed by atoms with Crippen molar-refractivity contribution in [2.75, 3.05) is 19.6 Å². The highest BCUT2D eigenvalue weighted by Crippen LogP contribution is 2.18. The molecule has 0 aromatic heterocycles. The largest absolute Gasteiger partial charge is 0.335 e. The van der Waals surface area contributed by atoms with E-state index in [0.29, 0.717) is 18.0 Å². The Morgan fingerprint density at radius 1 is 1.21 bits per heavy atom. The topological polar surface area (TPSA) is 44.4 Å². The lowest BCUT2D eigenvalue weighted by Crippen LogP contribution is -2.49. The molecule has 4 nitrogen and oxygen atoms in total. The Balaban J connectivity index is 1.85. The number of nitrogens with zero attached hydrogens (tertiary/aromatic N) is 1. The molecule has 0 radical (unpaired) electrons. The van der Waals surface area contributed by atoms with Crippen molar-refractivity contribution in [3.8, 4) is 0 Å². The van der Waals surface area contributed by atoms with Gasteiger partial charge in [0.15, 0.2) is 0 Å². The van der Waals surface area contributed by atoms with Gasteiger partial charge in [-0.2, -0.15) is 0 Å². The minimum absolute atomic E-state index is 0.154. The summed E-state index contributed by atoms with van der Waals surface area (Å²) in [6, 6.07) is 0.996. The molecule has 2 amide bonds. The fourth-order valence-electron chi connectivity index (χ4n) is 3.09. The Kier molecular flexibility index (Phi) is 5.49. The van der Waals surface area contributed by atoms with Gasteiger partial charge >= 0.3 is 6.03 Å². The lowest BCUT2D eigenvalue weighted by Gasteiger charge is -2.30. The third kappa shape index (κ3) is 4.37. The number of carbonyl (C=O) groups is 1. The summed E-state index contributed by atoms with van der Waals surface area (Å²) in [4.78, 5) is 14.4. The van der Waals surface area contributed by atoms with Crippen LogP contribution in [0, 0.1) is 5.92 Å². The first-order valence-corrected chi connectivity index (χ1v) is 7.95. The van der Waals surface area contributed by atoms with Gasteiger partial charge in [0.25, 0.3) is 0 Å². The van der Waals surface area contributed by atoms with Gasteiger partial charge in [-0.05, 0) is 31.7 Å². The summed E-state index contributed by atoms with van der Waals surface area (Å²) in [7, 11) is 0. The second kappa shape index (κ2) is 7.13. The molecule has 1 heterocycles. The monoisotopic (exact) mass is 267 g/mol. The molecule has 2 N–H and O–H groups in total. The van der Waals surface area contributed by atoms with Gasteiger partial charge < -0.3 is 15.5 Å². The van der Waals surface area contributed by atoms with E-state index in [0.717, 1.165) is 38.9 Å². The van der Waals surface area contributed by atoms with Crippen LogP contribution in [0.5, 0.6) is 0 Å². The molecule has 1 aliphatic carbocycles. The van der Waals surface area contributed by atoms with Gasteiger partial charge in [0.2, 0.25) is 0 Å². The van der Waals surface area contributed by atoms with Crippen molar-refractivity contribution in [3.05, 3.63) is 0 Å². The molecule has 2 aliphatic rings. The molecule has 0 aromatic rings. The summed E-state index contributed by atoms with van der Waals surface area (Å²) in [5, 5.41) is 6.78. The lowest BCUT2D eigenvalue weighted by atomic mass is 9.96. The highest BCUT2D eigenvalue weighted by atomic mass is 16.2. The van der Waals surface area contributed by atoms with Gasteiger partial charge in [-0.15, -0.1) is 0 Å². The van der Waals surface area contributed by atoms with Crippen molar-refractivity contribution in [1.82, 2.24) is 15.5 Å². The summed E-state index contributed by atoms with van der Waals surface area (Å²) >= 11 is 0. The van der Waals surface area contributed by atoms with Gasteiger partial charge in [-0.3, -0.25) is 0 Å². The first-order valence-electron chi connectivity index (χ1n) is 7.95. The fraction of sp³-hybridized carbons (Fsp3) is 0.933. The molecule has 1 aliphatic heterocycles. The van der Waals surface area contributed by atoms with Gasteiger partial charge in [0.05, 0.1) is 0 Å². The first-order chi connectivity index (χ1) is 9.16. The Hall–Kier alpha value is -0.770. The highest BCUT2D eigenvalue weighted by molar-refractivity contribution is 5.74. The molecule has 2 fully saturated rings. The summed E-state index contributed by atoms with van der Waals surface area (Å²) < 4.78 is 0. The Bertz CT molecular complexity index is 287. The smallest absolute Gasteiger partial charge is 0.317 e. The minimum atomic E-state index is 0.154. The maximum absolute atomic E-state index is 12.4. The Morgan fingerprint density at radius 3 is 2.63 bits per heavy atom. The Labute approximate surface area is 117 Å². The van der Waals surface area contributed by atoms with E-state index in [9.17, 15) is 4.79 Å². The van der Waals surface area contributed by atoms with Crippen LogP contribution in [0.2, 0.25) is 0 Å². The van der Waals surface area contributed by atoms with Crippen LogP contribution < -0.4 is 10.6 Å². The second-order valence-corrected chi connectivity index (χ2v) is 6.39. The molecular formula is C15H29N3O. The maximum atomic E-state index is 12.4. The number of nitrogens with one attached hydrogen (secondary N) is 2. The van der Waals surface area contributed by atoms with Crippen molar-refractivity contribution < 1.29 is 4.79 Å². The Morgan fingerprint density at radius 2 is 1.95 bits per heavy atom. The molecule has 1 saturated carbocycles. The van der Waals surface area contributed by atoms with Crippen molar-refractivity contribution in [2.45, 2.75) is 64.5 Å². The average molecular weight is 267 g/mol. The van der Waals surface area contributed by atoms with E-state index in [4.69, 9.17) is 0 Å². The van der Waals surface area contributed by atoms with Crippen LogP contribution in [0.4, 0.5) is 4.79 Å². The van der Waals surface area contributed by atoms with E-state index >= 15 is 0 Å². The summed E-state index contributed by atoms with van der Waals surface area (Å²) in [5.41, 5.74) is 0. The number of urea groups is 1. The molecule has 110 valence electrons. The van der Waals surface area contributed by atoms with Crippen molar-refractivity contribution in [3.63, 3.8) is 0 Å². The molecule has 0 aromatic carbocycles. The van der Waals surface area contributed by atoms with E-state index in [1.807, 2.05) is 4.90 Å². The molecule has 1 unspecified atom stereocenters. The zero-order valence-corrected chi connectivity index (χ0v) is 12.5. The molecule has 4 heteroatoms. The highest BCUT2D eigenvalue weighted by Gasteiger charge is 2.25. The van der Waals surface area contributed by atoms with E-state index in [1.54, 1.807) is 0 Å². The van der Waals surface area contributed by atoms with E-state index in [1.165, 1.54) is 19.3 Å². The third-order valence-corrected chi connectivity index (χ3v) is 4.45. The van der Waals surface area contributed by atoms with Gasteiger partial charge in [-0.1, -0.05) is 33.1 Å². The minimum Gasteiger partial charge on any atom is -0.335 e. The predicted molar refractivity (Wildman–Crippen MR) is 78.2 cm³/mol. The molecular weight excluding hydrogens is 238 g/mol. The maximum Gasteiger partial charge on any atom is 0.317 e. The average Bonchev–Trinajstić information content (AvgIpc) is 2.65. The molecule has 2 rings (SSSR count). The number of amides is 2. The van der Waals surface area contributed by atoms with Crippen LogP contribution in [-0.2, 0) is 0 Å². The fourth-order valence-corrected chi connectivity index (χ4v) is 3.09. The van der Waals surface area contributed by atoms with Crippen LogP contribution >= 0.6 is 0 Å². The molecule has 1 saturated heterocycles. The summed E-state index contributed by atoms with van der Waals surface area (Å²) in [5.74, 6) is 0.572. The lowest BCUT2D eigenvalue weighted by molar-refractivity contribution is 0.185. The van der Waals surface area contributed by atoms with Crippen LogP contribution in [-0.4, -0.2) is 42.6 Å². The van der Waals surface area contributed by atoms with E-state index in [-0.39, 0.29) is 6.03 Å². The third-order valence-electron chi connectivity index (χ3n) is 4.45. The summed E-state index contributed by atoms with van der Waals surface area (Å²) in [6.45, 7) is 7.20. The number of rotatable bonds is 2. The number of carbonyl (C=O) groups excluding carboxylic acids is 1. The van der Waals surface area contributed by atoms with Crippen LogP contribution in [0.1, 0.15) is 52.4 Å². The summed E-state index contributed by atoms with van der Waals surface area (Å²) in [6.07, 6.45) is 7.23. The SMILES string of the molecule is CC(C)C1CN(C(=O)NC2CCCCC2)CCCN1. The standard InChI is InChI=1S/C15H29N3O/c1-12(2)14-11-18(10-6-9-16-14)15(19)17-13-7-4-3-5-8-13/h12-14,16H,3-11H2,1-2H3,(H,17,19). The number of hydrogen-bond acceptors (Lipinski definition) is 2. The normalized spacial score (nSPS) is 26.3. The quantitative estimate of drug-likeness (QED) is 0.806. The van der Waals surface area contributed by atoms with Crippen LogP contribution in [0.3, 0.4) is 0 Å². The molecule has 19 heavy (non-hydrogen) atoms. The molecule has 1 atom stereocenters. The van der Waals surface area contributed by atoms with Gasteiger partial charge in [-0.25, -0.2) is 4.79 Å². The predicted octanol–water partition coefficient (Wildman–Crippen LogP) is 2.35. The van der Waals surface area contributed by atoms with Crippen molar-refractivity contribution in [2.24, 2.45) is 5.92 Å². The van der Waals surface area contributed by atoms with Gasteiger partial charge in [0, 0.05) is 25.2 Å². The van der Waals surface area contributed by atoms with Crippen LogP contribution in [0.25, 0.3) is 0 Å².